The smallest absolute Gasteiger partial charge is 0.251 e. The van der Waals surface area contributed by atoms with Crippen molar-refractivity contribution in [3.8, 4) is 0 Å². The lowest BCUT2D eigenvalue weighted by Gasteiger charge is -2.31. The van der Waals surface area contributed by atoms with Gasteiger partial charge >= 0.3 is 0 Å². The van der Waals surface area contributed by atoms with Crippen LogP contribution in [0, 0.1) is 12.8 Å². The standard InChI is InChI=1S/C14H21N3O/c1-10-8-11(6-7-16-10)14(18)17-13-5-3-2-4-12(13)9-15/h6-8,12-13H,2-5,9,15H2,1H3,(H,17,18). The lowest BCUT2D eigenvalue weighted by atomic mass is 9.84. The number of pyridine rings is 1. The molecule has 4 heteroatoms. The van der Waals surface area contributed by atoms with E-state index in [-0.39, 0.29) is 11.9 Å². The fraction of sp³-hybridized carbons (Fsp3) is 0.571. The molecular weight excluding hydrogens is 226 g/mol. The molecule has 0 bridgehead atoms. The van der Waals surface area contributed by atoms with Gasteiger partial charge in [0.2, 0.25) is 0 Å². The maximum absolute atomic E-state index is 12.1. The van der Waals surface area contributed by atoms with Crippen LogP contribution in [-0.2, 0) is 0 Å². The highest BCUT2D eigenvalue weighted by Gasteiger charge is 2.25. The van der Waals surface area contributed by atoms with Crippen molar-refractivity contribution in [2.24, 2.45) is 11.7 Å². The van der Waals surface area contributed by atoms with Crippen LogP contribution in [0.4, 0.5) is 0 Å². The van der Waals surface area contributed by atoms with Crippen molar-refractivity contribution in [1.29, 1.82) is 0 Å². The van der Waals surface area contributed by atoms with Crippen molar-refractivity contribution in [2.75, 3.05) is 6.54 Å². The summed E-state index contributed by atoms with van der Waals surface area (Å²) >= 11 is 0. The molecule has 0 aromatic carbocycles. The predicted octanol–water partition coefficient (Wildman–Crippen LogP) is 1.64. The third-order valence-electron chi connectivity index (χ3n) is 3.69. The number of nitrogens with one attached hydrogen (secondary N) is 1. The molecule has 98 valence electrons. The van der Waals surface area contributed by atoms with Crippen LogP contribution in [0.1, 0.15) is 41.7 Å². The van der Waals surface area contributed by atoms with E-state index in [0.29, 0.717) is 18.0 Å². The van der Waals surface area contributed by atoms with Gasteiger partial charge in [-0.1, -0.05) is 12.8 Å². The van der Waals surface area contributed by atoms with Crippen molar-refractivity contribution in [3.05, 3.63) is 29.6 Å². The molecular formula is C14H21N3O. The Hall–Kier alpha value is -1.42. The first-order valence-corrected chi connectivity index (χ1v) is 6.64. The molecule has 1 heterocycles. The van der Waals surface area contributed by atoms with E-state index < -0.39 is 0 Å². The zero-order valence-electron chi connectivity index (χ0n) is 10.9. The maximum atomic E-state index is 12.1. The summed E-state index contributed by atoms with van der Waals surface area (Å²) in [6, 6.07) is 3.79. The van der Waals surface area contributed by atoms with Crippen LogP contribution >= 0.6 is 0 Å². The second-order valence-electron chi connectivity index (χ2n) is 5.05. The maximum Gasteiger partial charge on any atom is 0.251 e. The van der Waals surface area contributed by atoms with Crippen molar-refractivity contribution < 1.29 is 4.79 Å². The Balaban J connectivity index is 2.02. The molecule has 1 aliphatic rings. The molecule has 2 unspecified atom stereocenters. The molecule has 1 saturated carbocycles. The summed E-state index contributed by atoms with van der Waals surface area (Å²) in [6.45, 7) is 2.54. The Kier molecular flexibility index (Phi) is 4.31. The van der Waals surface area contributed by atoms with Gasteiger partial charge in [0.05, 0.1) is 0 Å². The summed E-state index contributed by atoms with van der Waals surface area (Å²) in [4.78, 5) is 16.2. The van der Waals surface area contributed by atoms with E-state index >= 15 is 0 Å². The molecule has 0 saturated heterocycles. The summed E-state index contributed by atoms with van der Waals surface area (Å²) in [5.41, 5.74) is 7.32. The number of hydrogen-bond donors (Lipinski definition) is 2. The van der Waals surface area contributed by atoms with E-state index in [9.17, 15) is 4.79 Å². The lowest BCUT2D eigenvalue weighted by Crippen LogP contribution is -2.44. The molecule has 1 aromatic rings. The van der Waals surface area contributed by atoms with Gasteiger partial charge in [-0.2, -0.15) is 0 Å². The molecule has 0 aliphatic heterocycles. The Morgan fingerprint density at radius 3 is 3.00 bits per heavy atom. The molecule has 1 aliphatic carbocycles. The highest BCUT2D eigenvalue weighted by Crippen LogP contribution is 2.23. The van der Waals surface area contributed by atoms with E-state index in [0.717, 1.165) is 18.5 Å². The summed E-state index contributed by atoms with van der Waals surface area (Å²) in [5.74, 6) is 0.413. The zero-order chi connectivity index (χ0) is 13.0. The minimum absolute atomic E-state index is 0.00847. The molecule has 0 radical (unpaired) electrons. The molecule has 3 N–H and O–H groups in total. The number of nitrogens with zero attached hydrogens (tertiary/aromatic N) is 1. The number of nitrogens with two attached hydrogens (primary N) is 1. The van der Waals surface area contributed by atoms with Crippen molar-refractivity contribution in [3.63, 3.8) is 0 Å². The number of rotatable bonds is 3. The molecule has 1 amide bonds. The summed E-state index contributed by atoms with van der Waals surface area (Å²) < 4.78 is 0. The van der Waals surface area contributed by atoms with Gasteiger partial charge in [-0.15, -0.1) is 0 Å². The van der Waals surface area contributed by atoms with E-state index in [1.165, 1.54) is 12.8 Å². The minimum Gasteiger partial charge on any atom is -0.349 e. The summed E-state index contributed by atoms with van der Waals surface area (Å²) in [7, 11) is 0. The Morgan fingerprint density at radius 1 is 1.50 bits per heavy atom. The Bertz CT molecular complexity index is 419. The van der Waals surface area contributed by atoms with Gasteiger partial charge in [-0.05, 0) is 44.4 Å². The van der Waals surface area contributed by atoms with Gasteiger partial charge in [0.25, 0.3) is 5.91 Å². The van der Waals surface area contributed by atoms with Crippen LogP contribution < -0.4 is 11.1 Å². The zero-order valence-corrected chi connectivity index (χ0v) is 10.9. The molecule has 18 heavy (non-hydrogen) atoms. The van der Waals surface area contributed by atoms with Gasteiger partial charge in [-0.25, -0.2) is 0 Å². The lowest BCUT2D eigenvalue weighted by molar-refractivity contribution is 0.0908. The predicted molar refractivity (Wildman–Crippen MR) is 71.2 cm³/mol. The van der Waals surface area contributed by atoms with Crippen molar-refractivity contribution >= 4 is 5.91 Å². The van der Waals surface area contributed by atoms with Crippen LogP contribution in [0.2, 0.25) is 0 Å². The molecule has 2 rings (SSSR count). The normalized spacial score (nSPS) is 23.7. The number of aromatic nitrogens is 1. The van der Waals surface area contributed by atoms with Gasteiger partial charge in [0.15, 0.2) is 0 Å². The molecule has 4 nitrogen and oxygen atoms in total. The average molecular weight is 247 g/mol. The van der Waals surface area contributed by atoms with E-state index in [4.69, 9.17) is 5.73 Å². The molecule has 2 atom stereocenters. The third kappa shape index (κ3) is 3.07. The number of hydrogen-bond acceptors (Lipinski definition) is 3. The number of carbonyl (C=O) groups excluding carboxylic acids is 1. The first-order chi connectivity index (χ1) is 8.70. The van der Waals surface area contributed by atoms with E-state index in [2.05, 4.69) is 10.3 Å². The van der Waals surface area contributed by atoms with Crippen molar-refractivity contribution in [1.82, 2.24) is 10.3 Å². The fourth-order valence-electron chi connectivity index (χ4n) is 2.62. The van der Waals surface area contributed by atoms with Gasteiger partial charge in [0.1, 0.15) is 0 Å². The second kappa shape index (κ2) is 5.96. The SMILES string of the molecule is Cc1cc(C(=O)NC2CCCCC2CN)ccn1. The highest BCUT2D eigenvalue weighted by atomic mass is 16.1. The molecule has 1 fully saturated rings. The number of carbonyl (C=O) groups is 1. The summed E-state index contributed by atoms with van der Waals surface area (Å²) in [6.07, 6.45) is 6.24. The largest absolute Gasteiger partial charge is 0.349 e. The van der Waals surface area contributed by atoms with Crippen LogP contribution in [0.5, 0.6) is 0 Å². The minimum atomic E-state index is -0.00847. The second-order valence-corrected chi connectivity index (χ2v) is 5.05. The fourth-order valence-corrected chi connectivity index (χ4v) is 2.62. The quantitative estimate of drug-likeness (QED) is 0.853. The Labute approximate surface area is 108 Å². The van der Waals surface area contributed by atoms with E-state index in [1.54, 1.807) is 12.3 Å². The van der Waals surface area contributed by atoms with Crippen molar-refractivity contribution in [2.45, 2.75) is 38.6 Å². The van der Waals surface area contributed by atoms with Gasteiger partial charge < -0.3 is 11.1 Å². The topological polar surface area (TPSA) is 68.0 Å². The van der Waals surface area contributed by atoms with E-state index in [1.807, 2.05) is 13.0 Å². The number of amides is 1. The Morgan fingerprint density at radius 2 is 2.28 bits per heavy atom. The van der Waals surface area contributed by atoms with Gasteiger partial charge in [-0.3, -0.25) is 9.78 Å². The number of aryl methyl sites for hydroxylation is 1. The third-order valence-corrected chi connectivity index (χ3v) is 3.69. The van der Waals surface area contributed by atoms with Crippen LogP contribution in [0.3, 0.4) is 0 Å². The van der Waals surface area contributed by atoms with Crippen LogP contribution in [-0.4, -0.2) is 23.5 Å². The first-order valence-electron chi connectivity index (χ1n) is 6.64. The summed E-state index contributed by atoms with van der Waals surface area (Å²) in [5, 5.41) is 3.12. The van der Waals surface area contributed by atoms with Crippen LogP contribution in [0.15, 0.2) is 18.3 Å². The first kappa shape index (κ1) is 13.0. The molecule has 1 aromatic heterocycles. The average Bonchev–Trinajstić information content (AvgIpc) is 2.39. The molecule has 0 spiro atoms. The van der Waals surface area contributed by atoms with Gasteiger partial charge in [0, 0.05) is 23.5 Å². The van der Waals surface area contributed by atoms with Crippen LogP contribution in [0.25, 0.3) is 0 Å². The highest BCUT2D eigenvalue weighted by molar-refractivity contribution is 5.94. The monoisotopic (exact) mass is 247 g/mol.